The van der Waals surface area contributed by atoms with Crippen molar-refractivity contribution in [2.24, 2.45) is 5.92 Å². The summed E-state index contributed by atoms with van der Waals surface area (Å²) in [5.74, 6) is 0.522. The zero-order valence-corrected chi connectivity index (χ0v) is 16.5. The van der Waals surface area contributed by atoms with Crippen molar-refractivity contribution in [3.8, 4) is 0 Å². The van der Waals surface area contributed by atoms with Gasteiger partial charge in [-0.25, -0.2) is 4.79 Å². The third-order valence-electron chi connectivity index (χ3n) is 4.62. The molecule has 1 atom stereocenters. The van der Waals surface area contributed by atoms with Crippen LogP contribution in [0.3, 0.4) is 0 Å². The van der Waals surface area contributed by atoms with Crippen LogP contribution in [0.2, 0.25) is 0 Å². The maximum absolute atomic E-state index is 12.5. The molecule has 1 saturated carbocycles. The summed E-state index contributed by atoms with van der Waals surface area (Å²) in [6.45, 7) is 12.7. The van der Waals surface area contributed by atoms with Gasteiger partial charge >= 0.3 is 6.09 Å². The highest BCUT2D eigenvalue weighted by atomic mass is 16.6. The van der Waals surface area contributed by atoms with Crippen LogP contribution in [0, 0.1) is 5.92 Å². The molecule has 0 spiro atoms. The van der Waals surface area contributed by atoms with E-state index in [9.17, 15) is 9.59 Å². The van der Waals surface area contributed by atoms with Crippen LogP contribution in [0.1, 0.15) is 60.3 Å². The summed E-state index contributed by atoms with van der Waals surface area (Å²) < 4.78 is 5.55. The van der Waals surface area contributed by atoms with Crippen molar-refractivity contribution in [2.75, 3.05) is 26.2 Å². The van der Waals surface area contributed by atoms with Gasteiger partial charge in [0.15, 0.2) is 0 Å². The molecular weight excluding hydrogens is 318 g/mol. The van der Waals surface area contributed by atoms with Crippen LogP contribution in [-0.4, -0.2) is 65.7 Å². The van der Waals surface area contributed by atoms with E-state index in [1.54, 1.807) is 0 Å². The lowest BCUT2D eigenvalue weighted by atomic mass is 9.97. The number of rotatable bonds is 6. The first-order chi connectivity index (χ1) is 11.6. The Labute approximate surface area is 152 Å². The van der Waals surface area contributed by atoms with Crippen molar-refractivity contribution >= 4 is 12.0 Å². The Balaban J connectivity index is 1.85. The fourth-order valence-electron chi connectivity index (χ4n) is 3.24. The number of nitrogens with zero attached hydrogens (tertiary/aromatic N) is 2. The quantitative estimate of drug-likeness (QED) is 0.797. The number of carbonyl (C=O) groups excluding carboxylic acids is 2. The zero-order valence-electron chi connectivity index (χ0n) is 16.5. The number of carbonyl (C=O) groups is 2. The van der Waals surface area contributed by atoms with Crippen molar-refractivity contribution in [1.29, 1.82) is 0 Å². The van der Waals surface area contributed by atoms with E-state index in [0.29, 0.717) is 25.0 Å². The number of ether oxygens (including phenoxy) is 1. The van der Waals surface area contributed by atoms with Gasteiger partial charge in [0, 0.05) is 25.2 Å². The molecule has 144 valence electrons. The molecule has 1 aliphatic carbocycles. The molecule has 1 aliphatic heterocycles. The first-order valence-corrected chi connectivity index (χ1v) is 9.65. The van der Waals surface area contributed by atoms with Gasteiger partial charge in [-0.3, -0.25) is 9.69 Å². The van der Waals surface area contributed by atoms with E-state index in [2.05, 4.69) is 10.2 Å². The molecule has 2 rings (SSSR count). The second-order valence-corrected chi connectivity index (χ2v) is 8.81. The van der Waals surface area contributed by atoms with Gasteiger partial charge in [0.05, 0.1) is 6.54 Å². The third-order valence-corrected chi connectivity index (χ3v) is 4.62. The van der Waals surface area contributed by atoms with Crippen LogP contribution in [0.25, 0.3) is 0 Å². The predicted octanol–water partition coefficient (Wildman–Crippen LogP) is 2.62. The van der Waals surface area contributed by atoms with Gasteiger partial charge in [-0.1, -0.05) is 0 Å². The molecule has 1 N–H and O–H groups in total. The molecule has 0 bridgehead atoms. The van der Waals surface area contributed by atoms with E-state index in [1.165, 1.54) is 0 Å². The molecule has 0 radical (unpaired) electrons. The lowest BCUT2D eigenvalue weighted by Gasteiger charge is -2.37. The molecule has 1 heterocycles. The summed E-state index contributed by atoms with van der Waals surface area (Å²) in [6.07, 6.45) is 4.15. The number of hydrogen-bond acceptors (Lipinski definition) is 4. The molecule has 25 heavy (non-hydrogen) atoms. The minimum Gasteiger partial charge on any atom is -0.444 e. The minimum absolute atomic E-state index is 0.100. The van der Waals surface area contributed by atoms with Crippen molar-refractivity contribution in [3.63, 3.8) is 0 Å². The summed E-state index contributed by atoms with van der Waals surface area (Å²) in [5.41, 5.74) is -0.482. The smallest absolute Gasteiger partial charge is 0.410 e. The van der Waals surface area contributed by atoms with E-state index < -0.39 is 5.60 Å². The molecule has 0 aromatic carbocycles. The molecule has 1 saturated heterocycles. The molecule has 2 amide bonds. The standard InChI is InChI=1S/C19H35N3O3/c1-14(2)22(18(24)25-19(3,4)5)12-15-7-6-10-21(11-15)13-17(23)20-16-8-9-16/h14-16H,6-13H2,1-5H3,(H,20,23). The minimum atomic E-state index is -0.482. The van der Waals surface area contributed by atoms with Crippen LogP contribution in [0.15, 0.2) is 0 Å². The number of likely N-dealkylation sites (tertiary alicyclic amines) is 1. The van der Waals surface area contributed by atoms with E-state index in [1.807, 2.05) is 39.5 Å². The largest absolute Gasteiger partial charge is 0.444 e. The second-order valence-electron chi connectivity index (χ2n) is 8.81. The first kappa shape index (κ1) is 20.0. The number of amides is 2. The van der Waals surface area contributed by atoms with Crippen molar-refractivity contribution in [1.82, 2.24) is 15.1 Å². The lowest BCUT2D eigenvalue weighted by molar-refractivity contribution is -0.122. The van der Waals surface area contributed by atoms with Gasteiger partial charge < -0.3 is 15.0 Å². The summed E-state index contributed by atoms with van der Waals surface area (Å²) in [5, 5.41) is 3.05. The molecule has 0 aromatic rings. The van der Waals surface area contributed by atoms with Crippen LogP contribution in [0.5, 0.6) is 0 Å². The number of piperidine rings is 1. The summed E-state index contributed by atoms with van der Waals surface area (Å²) >= 11 is 0. The van der Waals surface area contributed by atoms with E-state index in [4.69, 9.17) is 4.74 Å². The maximum atomic E-state index is 12.5. The predicted molar refractivity (Wildman–Crippen MR) is 98.4 cm³/mol. The number of nitrogens with one attached hydrogen (secondary N) is 1. The normalized spacial score (nSPS) is 21.9. The van der Waals surface area contributed by atoms with Gasteiger partial charge in [0.2, 0.25) is 5.91 Å². The average molecular weight is 354 g/mol. The molecule has 0 aromatic heterocycles. The monoisotopic (exact) mass is 353 g/mol. The Morgan fingerprint density at radius 2 is 1.92 bits per heavy atom. The van der Waals surface area contributed by atoms with Crippen LogP contribution in [-0.2, 0) is 9.53 Å². The van der Waals surface area contributed by atoms with E-state index in [-0.39, 0.29) is 18.0 Å². The van der Waals surface area contributed by atoms with Crippen molar-refractivity contribution in [2.45, 2.75) is 78.0 Å². The highest BCUT2D eigenvalue weighted by Crippen LogP contribution is 2.21. The molecule has 6 heteroatoms. The third kappa shape index (κ3) is 7.22. The summed E-state index contributed by atoms with van der Waals surface area (Å²) in [7, 11) is 0. The Morgan fingerprint density at radius 1 is 1.24 bits per heavy atom. The first-order valence-electron chi connectivity index (χ1n) is 9.65. The van der Waals surface area contributed by atoms with Gasteiger partial charge in [-0.15, -0.1) is 0 Å². The van der Waals surface area contributed by atoms with E-state index in [0.717, 1.165) is 38.8 Å². The van der Waals surface area contributed by atoms with Gasteiger partial charge in [-0.2, -0.15) is 0 Å². The molecule has 1 unspecified atom stereocenters. The SMILES string of the molecule is CC(C)N(CC1CCCN(CC(=O)NC2CC2)C1)C(=O)OC(C)(C)C. The second kappa shape index (κ2) is 8.39. The van der Waals surface area contributed by atoms with Gasteiger partial charge in [0.25, 0.3) is 0 Å². The van der Waals surface area contributed by atoms with Gasteiger partial charge in [-0.05, 0) is 72.8 Å². The number of hydrogen-bond donors (Lipinski definition) is 1. The summed E-state index contributed by atoms with van der Waals surface area (Å²) in [4.78, 5) is 28.6. The lowest BCUT2D eigenvalue weighted by Crippen LogP contribution is -2.48. The molecule has 2 fully saturated rings. The molecule has 2 aliphatic rings. The summed E-state index contributed by atoms with van der Waals surface area (Å²) in [6, 6.07) is 0.514. The Kier molecular flexibility index (Phi) is 6.72. The highest BCUT2D eigenvalue weighted by Gasteiger charge is 2.30. The van der Waals surface area contributed by atoms with Crippen molar-refractivity contribution in [3.05, 3.63) is 0 Å². The Morgan fingerprint density at radius 3 is 2.48 bits per heavy atom. The van der Waals surface area contributed by atoms with Crippen molar-refractivity contribution < 1.29 is 14.3 Å². The van der Waals surface area contributed by atoms with Crippen LogP contribution < -0.4 is 5.32 Å². The fraction of sp³-hybridized carbons (Fsp3) is 0.895. The molecular formula is C19H35N3O3. The van der Waals surface area contributed by atoms with Gasteiger partial charge in [0.1, 0.15) is 5.60 Å². The zero-order chi connectivity index (χ0) is 18.6. The van der Waals surface area contributed by atoms with E-state index >= 15 is 0 Å². The average Bonchev–Trinajstić information content (AvgIpc) is 3.26. The fourth-order valence-corrected chi connectivity index (χ4v) is 3.24. The topological polar surface area (TPSA) is 61.9 Å². The van der Waals surface area contributed by atoms with Crippen LogP contribution >= 0.6 is 0 Å². The highest BCUT2D eigenvalue weighted by molar-refractivity contribution is 5.78. The van der Waals surface area contributed by atoms with Crippen LogP contribution in [0.4, 0.5) is 4.79 Å². The molecule has 6 nitrogen and oxygen atoms in total. The maximum Gasteiger partial charge on any atom is 0.410 e. The Bertz CT molecular complexity index is 469. The Hall–Kier alpha value is -1.30.